The van der Waals surface area contributed by atoms with Crippen molar-refractivity contribution in [1.82, 2.24) is 0 Å². The van der Waals surface area contributed by atoms with Crippen LogP contribution < -0.4 is 0 Å². The third kappa shape index (κ3) is 11.2. The summed E-state index contributed by atoms with van der Waals surface area (Å²) < 4.78 is 19.0. The maximum absolute atomic E-state index is 11.9. The second kappa shape index (κ2) is 14.5. The second-order valence-electron chi connectivity index (χ2n) is 6.19. The summed E-state index contributed by atoms with van der Waals surface area (Å²) in [6.45, 7) is 2.29. The standard InChI is InChI=1S/C18H30O10/c1-3-25-16(23)27-12-18(15(21)22,13-28-17(24)26-4-2)11-9-7-5-6-8-10-14(19)20/h3-13H2,1-2H3,(H,19,20)(H,21,22). The molecule has 0 aromatic rings. The Bertz CT molecular complexity index is 481. The Morgan fingerprint density at radius 2 is 1.18 bits per heavy atom. The molecule has 0 aliphatic heterocycles. The van der Waals surface area contributed by atoms with Gasteiger partial charge in [-0.2, -0.15) is 0 Å². The van der Waals surface area contributed by atoms with Gasteiger partial charge in [-0.15, -0.1) is 0 Å². The summed E-state index contributed by atoms with van der Waals surface area (Å²) in [5.41, 5.74) is -1.62. The van der Waals surface area contributed by atoms with E-state index < -0.39 is 42.9 Å². The van der Waals surface area contributed by atoms with Gasteiger partial charge in [0.2, 0.25) is 0 Å². The molecule has 0 atom stereocenters. The molecule has 28 heavy (non-hydrogen) atoms. The summed E-state index contributed by atoms with van der Waals surface area (Å²) in [5, 5.41) is 18.3. The number of carboxylic acids is 2. The molecule has 2 N–H and O–H groups in total. The molecular weight excluding hydrogens is 376 g/mol. The first-order chi connectivity index (χ1) is 13.3. The third-order valence-corrected chi connectivity index (χ3v) is 3.96. The Morgan fingerprint density at radius 1 is 0.714 bits per heavy atom. The highest BCUT2D eigenvalue weighted by Gasteiger charge is 2.41. The molecule has 0 saturated carbocycles. The van der Waals surface area contributed by atoms with Gasteiger partial charge in [-0.3, -0.25) is 9.59 Å². The summed E-state index contributed by atoms with van der Waals surface area (Å²) >= 11 is 0. The van der Waals surface area contributed by atoms with Crippen LogP contribution in [0.4, 0.5) is 9.59 Å². The molecule has 0 aromatic heterocycles. The topological polar surface area (TPSA) is 146 Å². The van der Waals surface area contributed by atoms with Gasteiger partial charge in [0.05, 0.1) is 13.2 Å². The van der Waals surface area contributed by atoms with Crippen molar-refractivity contribution in [2.75, 3.05) is 26.4 Å². The lowest BCUT2D eigenvalue weighted by Crippen LogP contribution is -2.42. The van der Waals surface area contributed by atoms with Crippen LogP contribution in [-0.2, 0) is 28.5 Å². The van der Waals surface area contributed by atoms with E-state index in [9.17, 15) is 24.3 Å². The maximum Gasteiger partial charge on any atom is 0.508 e. The number of unbranched alkanes of at least 4 members (excludes halogenated alkanes) is 4. The fourth-order valence-corrected chi connectivity index (χ4v) is 2.40. The van der Waals surface area contributed by atoms with Gasteiger partial charge in [0.25, 0.3) is 0 Å². The second-order valence-corrected chi connectivity index (χ2v) is 6.19. The lowest BCUT2D eigenvalue weighted by atomic mass is 9.84. The summed E-state index contributed by atoms with van der Waals surface area (Å²) in [4.78, 5) is 45.2. The van der Waals surface area contributed by atoms with Gasteiger partial charge in [0, 0.05) is 6.42 Å². The predicted molar refractivity (Wildman–Crippen MR) is 96.0 cm³/mol. The van der Waals surface area contributed by atoms with E-state index in [1.165, 1.54) is 0 Å². The average molecular weight is 406 g/mol. The summed E-state index contributed by atoms with van der Waals surface area (Å²) in [7, 11) is 0. The van der Waals surface area contributed by atoms with Crippen LogP contribution in [0, 0.1) is 5.41 Å². The van der Waals surface area contributed by atoms with Crippen molar-refractivity contribution in [1.29, 1.82) is 0 Å². The van der Waals surface area contributed by atoms with Gasteiger partial charge in [-0.25, -0.2) is 9.59 Å². The van der Waals surface area contributed by atoms with Crippen LogP contribution in [0.25, 0.3) is 0 Å². The van der Waals surface area contributed by atoms with Gasteiger partial charge in [0.15, 0.2) is 0 Å². The van der Waals surface area contributed by atoms with Gasteiger partial charge in [-0.05, 0) is 26.7 Å². The zero-order chi connectivity index (χ0) is 21.4. The van der Waals surface area contributed by atoms with Crippen LogP contribution >= 0.6 is 0 Å². The molecule has 0 aliphatic carbocycles. The predicted octanol–water partition coefficient (Wildman–Crippen LogP) is 3.22. The van der Waals surface area contributed by atoms with E-state index in [1.54, 1.807) is 13.8 Å². The van der Waals surface area contributed by atoms with Crippen molar-refractivity contribution in [2.24, 2.45) is 5.41 Å². The van der Waals surface area contributed by atoms with Gasteiger partial charge >= 0.3 is 24.2 Å². The molecule has 0 amide bonds. The van der Waals surface area contributed by atoms with Crippen LogP contribution in [0.15, 0.2) is 0 Å². The third-order valence-electron chi connectivity index (χ3n) is 3.96. The molecule has 10 nitrogen and oxygen atoms in total. The van der Waals surface area contributed by atoms with E-state index in [-0.39, 0.29) is 26.1 Å². The summed E-state index contributed by atoms with van der Waals surface area (Å²) in [6.07, 6.45) is 1.32. The maximum atomic E-state index is 11.9. The molecule has 162 valence electrons. The SMILES string of the molecule is CCOC(=O)OCC(CCCCCCCC(=O)O)(COC(=O)OCC)C(=O)O. The molecular formula is C18H30O10. The zero-order valence-electron chi connectivity index (χ0n) is 16.4. The molecule has 0 aliphatic rings. The number of ether oxygens (including phenoxy) is 4. The van der Waals surface area contributed by atoms with E-state index in [0.29, 0.717) is 25.7 Å². The van der Waals surface area contributed by atoms with Crippen LogP contribution in [-0.4, -0.2) is 60.9 Å². The van der Waals surface area contributed by atoms with E-state index in [0.717, 1.165) is 6.42 Å². The van der Waals surface area contributed by atoms with Crippen molar-refractivity contribution in [3.05, 3.63) is 0 Å². The van der Waals surface area contributed by atoms with Crippen molar-refractivity contribution < 1.29 is 48.3 Å². The minimum atomic E-state index is -1.62. The molecule has 10 heteroatoms. The number of carbonyl (C=O) groups is 4. The van der Waals surface area contributed by atoms with Gasteiger partial charge in [0.1, 0.15) is 18.6 Å². The summed E-state index contributed by atoms with van der Waals surface area (Å²) in [6, 6.07) is 0. The monoisotopic (exact) mass is 406 g/mol. The van der Waals surface area contributed by atoms with E-state index in [2.05, 4.69) is 9.47 Å². The molecule has 0 heterocycles. The normalized spacial score (nSPS) is 10.8. The van der Waals surface area contributed by atoms with E-state index in [1.807, 2.05) is 0 Å². The Morgan fingerprint density at radius 3 is 1.61 bits per heavy atom. The number of hydrogen-bond donors (Lipinski definition) is 2. The van der Waals surface area contributed by atoms with Crippen LogP contribution in [0.1, 0.15) is 58.8 Å². The molecule has 0 saturated heterocycles. The molecule has 0 bridgehead atoms. The van der Waals surface area contributed by atoms with Crippen LogP contribution in [0.2, 0.25) is 0 Å². The van der Waals surface area contributed by atoms with E-state index in [4.69, 9.17) is 14.6 Å². The number of carboxylic acid groups (broad SMARTS) is 2. The Balaban J connectivity index is 4.76. The molecule has 0 unspecified atom stereocenters. The van der Waals surface area contributed by atoms with E-state index >= 15 is 0 Å². The van der Waals surface area contributed by atoms with Crippen LogP contribution in [0.5, 0.6) is 0 Å². The first kappa shape index (κ1) is 25.5. The number of rotatable bonds is 15. The number of hydrogen-bond acceptors (Lipinski definition) is 8. The smallest absolute Gasteiger partial charge is 0.481 e. The highest BCUT2D eigenvalue weighted by Crippen LogP contribution is 2.28. The minimum Gasteiger partial charge on any atom is -0.481 e. The van der Waals surface area contributed by atoms with Crippen molar-refractivity contribution in [3.8, 4) is 0 Å². The average Bonchev–Trinajstić information content (AvgIpc) is 2.62. The minimum absolute atomic E-state index is 0.0779. The highest BCUT2D eigenvalue weighted by atomic mass is 16.7. The quantitative estimate of drug-likeness (QED) is 0.307. The van der Waals surface area contributed by atoms with Crippen molar-refractivity contribution >= 4 is 24.2 Å². The molecule has 0 aromatic carbocycles. The van der Waals surface area contributed by atoms with Crippen LogP contribution in [0.3, 0.4) is 0 Å². The Labute approximate surface area is 164 Å². The Hall–Kier alpha value is -2.52. The first-order valence-electron chi connectivity index (χ1n) is 9.31. The number of aliphatic carboxylic acids is 2. The van der Waals surface area contributed by atoms with Crippen molar-refractivity contribution in [3.63, 3.8) is 0 Å². The fourth-order valence-electron chi connectivity index (χ4n) is 2.40. The highest BCUT2D eigenvalue weighted by molar-refractivity contribution is 5.76. The fraction of sp³-hybridized carbons (Fsp3) is 0.778. The first-order valence-corrected chi connectivity index (χ1v) is 9.31. The lowest BCUT2D eigenvalue weighted by molar-refractivity contribution is -0.156. The largest absolute Gasteiger partial charge is 0.508 e. The van der Waals surface area contributed by atoms with Gasteiger partial charge in [-0.1, -0.05) is 25.7 Å². The van der Waals surface area contributed by atoms with Gasteiger partial charge < -0.3 is 29.2 Å². The van der Waals surface area contributed by atoms with Crippen molar-refractivity contribution in [2.45, 2.75) is 58.8 Å². The molecule has 0 rings (SSSR count). The summed E-state index contributed by atoms with van der Waals surface area (Å²) in [5.74, 6) is -2.12. The molecule has 0 radical (unpaired) electrons. The molecule has 0 spiro atoms. The number of carbonyl (C=O) groups excluding carboxylic acids is 2. The lowest BCUT2D eigenvalue weighted by Gasteiger charge is -2.28. The Kier molecular flexibility index (Phi) is 13.2. The molecule has 0 fully saturated rings. The zero-order valence-corrected chi connectivity index (χ0v) is 16.4.